The summed E-state index contributed by atoms with van der Waals surface area (Å²) in [4.78, 5) is 4.64. The van der Waals surface area contributed by atoms with Gasteiger partial charge < -0.3 is 4.57 Å². The highest BCUT2D eigenvalue weighted by Gasteiger charge is 2.16. The molecule has 1 aromatic heterocycles. The molecule has 2 nitrogen and oxygen atoms in total. The van der Waals surface area contributed by atoms with Crippen molar-refractivity contribution in [3.05, 3.63) is 88.5 Å². The molecular formula is C21H24N2. The topological polar surface area (TPSA) is 17.8 Å². The van der Waals surface area contributed by atoms with E-state index < -0.39 is 0 Å². The summed E-state index contributed by atoms with van der Waals surface area (Å²) in [6, 6.07) is 15.3. The standard InChI is InChI=1S/C21H24N2/c1-15-8-10-19(11-9-15)14-23-13-12-22-21(23)18(4)20-7-5-6-16(2)17(20)3/h5-13,18H,14H2,1-4H3/t18-/m0/s1. The SMILES string of the molecule is Cc1ccc(Cn2ccnc2[C@@H](C)c2cccc(C)c2C)cc1. The van der Waals surface area contributed by atoms with E-state index in [1.54, 1.807) is 0 Å². The van der Waals surface area contributed by atoms with Crippen LogP contribution in [0.25, 0.3) is 0 Å². The number of hydrogen-bond donors (Lipinski definition) is 0. The molecule has 0 amide bonds. The third-order valence-corrected chi connectivity index (χ3v) is 4.72. The van der Waals surface area contributed by atoms with Crippen molar-refractivity contribution in [2.75, 3.05) is 0 Å². The van der Waals surface area contributed by atoms with Gasteiger partial charge in [0.25, 0.3) is 0 Å². The summed E-state index contributed by atoms with van der Waals surface area (Å²) in [7, 11) is 0. The molecule has 2 heteroatoms. The summed E-state index contributed by atoms with van der Waals surface area (Å²) in [5.74, 6) is 1.41. The fraction of sp³-hybridized carbons (Fsp3) is 0.286. The molecule has 0 saturated carbocycles. The van der Waals surface area contributed by atoms with E-state index >= 15 is 0 Å². The van der Waals surface area contributed by atoms with Crippen molar-refractivity contribution in [1.29, 1.82) is 0 Å². The molecule has 3 rings (SSSR count). The van der Waals surface area contributed by atoms with E-state index in [4.69, 9.17) is 0 Å². The quantitative estimate of drug-likeness (QED) is 0.662. The maximum Gasteiger partial charge on any atom is 0.116 e. The fourth-order valence-electron chi connectivity index (χ4n) is 3.11. The van der Waals surface area contributed by atoms with Crippen LogP contribution in [0.4, 0.5) is 0 Å². The fourth-order valence-corrected chi connectivity index (χ4v) is 3.11. The highest BCUT2D eigenvalue weighted by atomic mass is 15.1. The van der Waals surface area contributed by atoms with Crippen LogP contribution in [0.15, 0.2) is 54.9 Å². The molecule has 0 fully saturated rings. The van der Waals surface area contributed by atoms with Crippen LogP contribution in [-0.2, 0) is 6.54 Å². The Morgan fingerprint density at radius 1 is 1.00 bits per heavy atom. The van der Waals surface area contributed by atoms with Crippen molar-refractivity contribution < 1.29 is 0 Å². The van der Waals surface area contributed by atoms with Gasteiger partial charge in [-0.2, -0.15) is 0 Å². The highest BCUT2D eigenvalue weighted by molar-refractivity contribution is 5.38. The average molecular weight is 304 g/mol. The molecule has 0 bridgehead atoms. The number of nitrogens with zero attached hydrogens (tertiary/aromatic N) is 2. The summed E-state index contributed by atoms with van der Waals surface area (Å²) in [5.41, 5.74) is 6.67. The van der Waals surface area contributed by atoms with Crippen molar-refractivity contribution in [2.45, 2.75) is 40.2 Å². The molecular weight excluding hydrogens is 280 g/mol. The van der Waals surface area contributed by atoms with E-state index in [2.05, 4.69) is 85.9 Å². The lowest BCUT2D eigenvalue weighted by Gasteiger charge is -2.18. The predicted molar refractivity (Wildman–Crippen MR) is 95.9 cm³/mol. The zero-order valence-corrected chi connectivity index (χ0v) is 14.4. The van der Waals surface area contributed by atoms with Gasteiger partial charge in [-0.05, 0) is 43.0 Å². The van der Waals surface area contributed by atoms with Gasteiger partial charge in [0.05, 0.1) is 0 Å². The predicted octanol–water partition coefficient (Wildman–Crippen LogP) is 5.01. The minimum atomic E-state index is 0.287. The van der Waals surface area contributed by atoms with Crippen LogP contribution >= 0.6 is 0 Å². The van der Waals surface area contributed by atoms with Crippen molar-refractivity contribution >= 4 is 0 Å². The molecule has 0 spiro atoms. The first-order chi connectivity index (χ1) is 11.1. The molecule has 0 aliphatic carbocycles. The van der Waals surface area contributed by atoms with Gasteiger partial charge in [-0.15, -0.1) is 0 Å². The van der Waals surface area contributed by atoms with Gasteiger partial charge >= 0.3 is 0 Å². The Labute approximate surface area is 138 Å². The van der Waals surface area contributed by atoms with Crippen LogP contribution in [-0.4, -0.2) is 9.55 Å². The van der Waals surface area contributed by atoms with E-state index in [1.165, 1.54) is 27.8 Å². The second-order valence-electron chi connectivity index (χ2n) is 6.41. The molecule has 0 radical (unpaired) electrons. The lowest BCUT2D eigenvalue weighted by Crippen LogP contribution is -2.10. The van der Waals surface area contributed by atoms with Crippen LogP contribution in [0.2, 0.25) is 0 Å². The molecule has 2 aromatic carbocycles. The Morgan fingerprint density at radius 3 is 2.48 bits per heavy atom. The van der Waals surface area contributed by atoms with Gasteiger partial charge in [-0.3, -0.25) is 0 Å². The van der Waals surface area contributed by atoms with E-state index in [0.717, 1.165) is 12.4 Å². The maximum absolute atomic E-state index is 4.64. The Morgan fingerprint density at radius 2 is 1.74 bits per heavy atom. The number of hydrogen-bond acceptors (Lipinski definition) is 1. The number of rotatable bonds is 4. The van der Waals surface area contributed by atoms with Crippen LogP contribution in [0.1, 0.15) is 46.5 Å². The van der Waals surface area contributed by atoms with Crippen LogP contribution < -0.4 is 0 Å². The average Bonchev–Trinajstić information content (AvgIpc) is 3.00. The normalized spacial score (nSPS) is 12.3. The Balaban J connectivity index is 1.91. The van der Waals surface area contributed by atoms with Gasteiger partial charge in [0.2, 0.25) is 0 Å². The van der Waals surface area contributed by atoms with E-state index in [1.807, 2.05) is 6.20 Å². The molecule has 0 N–H and O–H groups in total. The molecule has 0 aliphatic heterocycles. The summed E-state index contributed by atoms with van der Waals surface area (Å²) in [6.07, 6.45) is 3.99. The summed E-state index contributed by atoms with van der Waals surface area (Å²) >= 11 is 0. The van der Waals surface area contributed by atoms with Crippen LogP contribution in [0.3, 0.4) is 0 Å². The van der Waals surface area contributed by atoms with Crippen LogP contribution in [0.5, 0.6) is 0 Å². The molecule has 3 aromatic rings. The highest BCUT2D eigenvalue weighted by Crippen LogP contribution is 2.27. The lowest BCUT2D eigenvalue weighted by atomic mass is 9.93. The van der Waals surface area contributed by atoms with Crippen molar-refractivity contribution in [3.8, 4) is 0 Å². The monoisotopic (exact) mass is 304 g/mol. The van der Waals surface area contributed by atoms with E-state index in [0.29, 0.717) is 0 Å². The lowest BCUT2D eigenvalue weighted by molar-refractivity contribution is 0.687. The number of aryl methyl sites for hydroxylation is 2. The second kappa shape index (κ2) is 6.41. The van der Waals surface area contributed by atoms with Crippen molar-refractivity contribution in [2.24, 2.45) is 0 Å². The molecule has 23 heavy (non-hydrogen) atoms. The second-order valence-corrected chi connectivity index (χ2v) is 6.41. The molecule has 0 unspecified atom stereocenters. The third kappa shape index (κ3) is 3.21. The number of imidazole rings is 1. The van der Waals surface area contributed by atoms with Crippen molar-refractivity contribution in [3.63, 3.8) is 0 Å². The van der Waals surface area contributed by atoms with Gasteiger partial charge in [0.1, 0.15) is 5.82 Å². The molecule has 1 heterocycles. The Hall–Kier alpha value is -2.35. The first kappa shape index (κ1) is 15.5. The summed E-state index contributed by atoms with van der Waals surface area (Å²) < 4.78 is 2.26. The van der Waals surface area contributed by atoms with Crippen LogP contribution in [0, 0.1) is 20.8 Å². The first-order valence-electron chi connectivity index (χ1n) is 8.19. The Bertz CT molecular complexity index is 797. The zero-order chi connectivity index (χ0) is 16.4. The van der Waals surface area contributed by atoms with E-state index in [-0.39, 0.29) is 5.92 Å². The minimum absolute atomic E-state index is 0.287. The number of aromatic nitrogens is 2. The minimum Gasteiger partial charge on any atom is -0.330 e. The maximum atomic E-state index is 4.64. The van der Waals surface area contributed by atoms with E-state index in [9.17, 15) is 0 Å². The van der Waals surface area contributed by atoms with Gasteiger partial charge in [0.15, 0.2) is 0 Å². The smallest absolute Gasteiger partial charge is 0.116 e. The number of benzene rings is 2. The summed E-state index contributed by atoms with van der Waals surface area (Å²) in [5, 5.41) is 0. The van der Waals surface area contributed by atoms with Gasteiger partial charge in [-0.1, -0.05) is 55.0 Å². The van der Waals surface area contributed by atoms with Gasteiger partial charge in [0, 0.05) is 24.9 Å². The third-order valence-electron chi connectivity index (χ3n) is 4.72. The first-order valence-corrected chi connectivity index (χ1v) is 8.19. The Kier molecular flexibility index (Phi) is 4.33. The zero-order valence-electron chi connectivity index (χ0n) is 14.4. The molecule has 1 atom stereocenters. The van der Waals surface area contributed by atoms with Crippen molar-refractivity contribution in [1.82, 2.24) is 9.55 Å². The molecule has 0 aliphatic rings. The molecule has 0 saturated heterocycles. The molecule has 118 valence electrons. The largest absolute Gasteiger partial charge is 0.330 e. The summed E-state index contributed by atoms with van der Waals surface area (Å²) in [6.45, 7) is 9.61. The van der Waals surface area contributed by atoms with Gasteiger partial charge in [-0.25, -0.2) is 4.98 Å².